The second-order valence-electron chi connectivity index (χ2n) is 6.46. The molecule has 6 heteroatoms. The lowest BCUT2D eigenvalue weighted by atomic mass is 9.82. The highest BCUT2D eigenvalue weighted by molar-refractivity contribution is 6.30. The lowest BCUT2D eigenvalue weighted by Crippen LogP contribution is -2.46. The highest BCUT2D eigenvalue weighted by atomic mass is 35.5. The molecule has 0 aliphatic heterocycles. The molecule has 1 heterocycles. The van der Waals surface area contributed by atoms with Crippen LogP contribution in [0, 0.1) is 18.8 Å². The van der Waals surface area contributed by atoms with Crippen LogP contribution in [0.2, 0.25) is 5.02 Å². The van der Waals surface area contributed by atoms with Crippen molar-refractivity contribution < 1.29 is 19.1 Å². The zero-order chi connectivity index (χ0) is 18.6. The van der Waals surface area contributed by atoms with Crippen LogP contribution >= 0.6 is 11.6 Å². The molecule has 3 rings (SSSR count). The van der Waals surface area contributed by atoms with Crippen LogP contribution in [0.25, 0.3) is 0 Å². The molecule has 1 aromatic heterocycles. The first-order valence-electron chi connectivity index (χ1n) is 8.47. The van der Waals surface area contributed by atoms with E-state index in [-0.39, 0.29) is 6.04 Å². The molecule has 1 aliphatic carbocycles. The summed E-state index contributed by atoms with van der Waals surface area (Å²) in [6.45, 7) is 1.72. The van der Waals surface area contributed by atoms with E-state index in [1.807, 2.05) is 12.1 Å². The van der Waals surface area contributed by atoms with E-state index in [1.54, 1.807) is 25.1 Å². The number of aryl methyl sites for hydroxylation is 1. The summed E-state index contributed by atoms with van der Waals surface area (Å²) in [5, 5.41) is 14.2. The Hall–Kier alpha value is -2.42. The minimum atomic E-state index is -1.15. The number of hydrogen-bond acceptors (Lipinski definition) is 4. The molecule has 5 nitrogen and oxygen atoms in total. The van der Waals surface area contributed by atoms with Gasteiger partial charge in [0.05, 0.1) is 6.26 Å². The highest BCUT2D eigenvalue weighted by Gasteiger charge is 2.34. The summed E-state index contributed by atoms with van der Waals surface area (Å²) in [6.07, 6.45) is 3.33. The minimum absolute atomic E-state index is 0.206. The molecule has 2 aromatic rings. The first-order chi connectivity index (χ1) is 12.4. The summed E-state index contributed by atoms with van der Waals surface area (Å²) in [5.74, 6) is 6.83. The van der Waals surface area contributed by atoms with Crippen molar-refractivity contribution >= 4 is 17.7 Å². The van der Waals surface area contributed by atoms with E-state index in [0.29, 0.717) is 29.4 Å². The molecule has 1 fully saturated rings. The number of benzene rings is 1. The van der Waals surface area contributed by atoms with Crippen LogP contribution in [0.5, 0.6) is 5.75 Å². The fraction of sp³-hybridized carbons (Fsp3) is 0.350. The van der Waals surface area contributed by atoms with Crippen molar-refractivity contribution in [2.45, 2.75) is 44.2 Å². The number of ether oxygens (including phenoxy) is 1. The Kier molecular flexibility index (Phi) is 5.55. The van der Waals surface area contributed by atoms with Crippen LogP contribution in [0.1, 0.15) is 37.0 Å². The first-order valence-corrected chi connectivity index (χ1v) is 8.85. The van der Waals surface area contributed by atoms with Gasteiger partial charge < -0.3 is 19.6 Å². The Labute approximate surface area is 157 Å². The molecule has 0 radical (unpaired) electrons. The first kappa shape index (κ1) is 18.4. The van der Waals surface area contributed by atoms with Crippen LogP contribution in [0.15, 0.2) is 41.0 Å². The molecule has 2 atom stereocenters. The SMILES string of the molecule is Cc1occc1OC(=O)N[C@H]1CCC[C@@](O)(C#Cc2cccc(Cl)c2)C1. The van der Waals surface area contributed by atoms with Crippen molar-refractivity contribution in [1.29, 1.82) is 0 Å². The van der Waals surface area contributed by atoms with E-state index < -0.39 is 11.7 Å². The molecule has 1 aliphatic rings. The molecule has 0 saturated heterocycles. The average Bonchev–Trinajstić information content (AvgIpc) is 2.98. The Morgan fingerprint density at radius 1 is 1.46 bits per heavy atom. The molecule has 0 bridgehead atoms. The number of aliphatic hydroxyl groups is 1. The van der Waals surface area contributed by atoms with Crippen molar-refractivity contribution in [2.75, 3.05) is 0 Å². The largest absolute Gasteiger partial charge is 0.466 e. The van der Waals surface area contributed by atoms with E-state index in [4.69, 9.17) is 20.8 Å². The molecule has 1 amide bonds. The van der Waals surface area contributed by atoms with Crippen LogP contribution in [0.4, 0.5) is 4.79 Å². The van der Waals surface area contributed by atoms with Gasteiger partial charge in [0.2, 0.25) is 0 Å². The number of amides is 1. The molecule has 0 unspecified atom stereocenters. The van der Waals surface area contributed by atoms with E-state index in [0.717, 1.165) is 18.4 Å². The van der Waals surface area contributed by atoms with Crippen molar-refractivity contribution in [3.8, 4) is 17.6 Å². The Bertz CT molecular complexity index is 851. The number of halogens is 1. The maximum Gasteiger partial charge on any atom is 0.412 e. The van der Waals surface area contributed by atoms with Crippen molar-refractivity contribution in [1.82, 2.24) is 5.32 Å². The van der Waals surface area contributed by atoms with Gasteiger partial charge in [-0.3, -0.25) is 0 Å². The normalized spacial score (nSPS) is 22.2. The van der Waals surface area contributed by atoms with Crippen molar-refractivity contribution in [2.24, 2.45) is 0 Å². The molecule has 1 saturated carbocycles. The Morgan fingerprint density at radius 3 is 3.04 bits per heavy atom. The summed E-state index contributed by atoms with van der Waals surface area (Å²) in [6, 6.07) is 8.56. The van der Waals surface area contributed by atoms with E-state index >= 15 is 0 Å². The summed E-state index contributed by atoms with van der Waals surface area (Å²) in [5.41, 5.74) is -0.403. The van der Waals surface area contributed by atoms with E-state index in [2.05, 4.69) is 17.2 Å². The van der Waals surface area contributed by atoms with E-state index in [9.17, 15) is 9.90 Å². The van der Waals surface area contributed by atoms with Gasteiger partial charge in [-0.05, 0) is 44.4 Å². The molecule has 26 heavy (non-hydrogen) atoms. The molecule has 1 aromatic carbocycles. The van der Waals surface area contributed by atoms with Gasteiger partial charge in [-0.2, -0.15) is 0 Å². The predicted molar refractivity (Wildman–Crippen MR) is 98.1 cm³/mol. The zero-order valence-corrected chi connectivity index (χ0v) is 15.2. The second kappa shape index (κ2) is 7.86. The molecule has 2 N–H and O–H groups in total. The number of rotatable bonds is 2. The van der Waals surface area contributed by atoms with Crippen LogP contribution in [-0.2, 0) is 0 Å². The zero-order valence-electron chi connectivity index (χ0n) is 14.4. The maximum atomic E-state index is 12.1. The molecular formula is C20H20ClNO4. The van der Waals surface area contributed by atoms with Gasteiger partial charge in [0, 0.05) is 29.1 Å². The summed E-state index contributed by atoms with van der Waals surface area (Å²) >= 11 is 5.95. The van der Waals surface area contributed by atoms with Crippen LogP contribution in [-0.4, -0.2) is 22.8 Å². The van der Waals surface area contributed by atoms with Gasteiger partial charge in [-0.15, -0.1) is 0 Å². The number of hydrogen-bond donors (Lipinski definition) is 2. The van der Waals surface area contributed by atoms with Gasteiger partial charge in [0.15, 0.2) is 5.75 Å². The Balaban J connectivity index is 1.61. The third-order valence-electron chi connectivity index (χ3n) is 4.33. The van der Waals surface area contributed by atoms with Gasteiger partial charge in [-0.25, -0.2) is 4.79 Å². The molecule has 0 spiro atoms. The number of furan rings is 1. The van der Waals surface area contributed by atoms with Crippen LogP contribution < -0.4 is 10.1 Å². The smallest absolute Gasteiger partial charge is 0.412 e. The number of carbonyl (C=O) groups excluding carboxylic acids is 1. The number of nitrogens with one attached hydrogen (secondary N) is 1. The maximum absolute atomic E-state index is 12.1. The predicted octanol–water partition coefficient (Wildman–Crippen LogP) is 4.06. The third-order valence-corrected chi connectivity index (χ3v) is 4.56. The Morgan fingerprint density at radius 2 is 2.31 bits per heavy atom. The summed E-state index contributed by atoms with van der Waals surface area (Å²) in [7, 11) is 0. The number of carbonyl (C=O) groups is 1. The fourth-order valence-electron chi connectivity index (χ4n) is 3.02. The van der Waals surface area contributed by atoms with Crippen molar-refractivity contribution in [3.63, 3.8) is 0 Å². The molecule has 136 valence electrons. The standard InChI is InChI=1S/C20H20ClNO4/c1-14-18(8-11-25-14)26-19(23)22-17-6-3-9-20(24,13-17)10-7-15-4-2-5-16(21)12-15/h2,4-5,8,11-12,17,24H,3,6,9,13H2,1H3,(H,22,23)/t17-,20+/m0/s1. The summed E-state index contributed by atoms with van der Waals surface area (Å²) in [4.78, 5) is 12.1. The quantitative estimate of drug-likeness (QED) is 0.779. The monoisotopic (exact) mass is 373 g/mol. The lowest BCUT2D eigenvalue weighted by molar-refractivity contribution is 0.0473. The van der Waals surface area contributed by atoms with E-state index in [1.165, 1.54) is 6.26 Å². The topological polar surface area (TPSA) is 71.7 Å². The average molecular weight is 374 g/mol. The fourth-order valence-corrected chi connectivity index (χ4v) is 3.21. The van der Waals surface area contributed by atoms with Gasteiger partial charge in [-0.1, -0.05) is 29.5 Å². The van der Waals surface area contributed by atoms with Gasteiger partial charge >= 0.3 is 6.09 Å². The lowest BCUT2D eigenvalue weighted by Gasteiger charge is -2.33. The summed E-state index contributed by atoms with van der Waals surface area (Å²) < 4.78 is 10.3. The third kappa shape index (κ3) is 4.81. The van der Waals surface area contributed by atoms with Gasteiger partial charge in [0.25, 0.3) is 0 Å². The minimum Gasteiger partial charge on any atom is -0.466 e. The van der Waals surface area contributed by atoms with Crippen LogP contribution in [0.3, 0.4) is 0 Å². The highest BCUT2D eigenvalue weighted by Crippen LogP contribution is 2.28. The second-order valence-corrected chi connectivity index (χ2v) is 6.90. The molecular weight excluding hydrogens is 354 g/mol. The van der Waals surface area contributed by atoms with Gasteiger partial charge in [0.1, 0.15) is 11.4 Å². The van der Waals surface area contributed by atoms with Crippen molar-refractivity contribution in [3.05, 3.63) is 52.9 Å².